The van der Waals surface area contributed by atoms with Gasteiger partial charge in [0.2, 0.25) is 0 Å². The van der Waals surface area contributed by atoms with Crippen molar-refractivity contribution in [3.63, 3.8) is 0 Å². The van der Waals surface area contributed by atoms with Gasteiger partial charge < -0.3 is 16.0 Å². The maximum atomic E-state index is 6.57. The number of piperazine rings is 1. The van der Waals surface area contributed by atoms with Crippen LogP contribution in [0, 0.1) is 13.8 Å². The van der Waals surface area contributed by atoms with E-state index < -0.39 is 0 Å². The molecule has 6 nitrogen and oxygen atoms in total. The lowest BCUT2D eigenvalue weighted by Crippen LogP contribution is -2.48. The third-order valence-corrected chi connectivity index (χ3v) is 6.56. The average molecular weight is 465 g/mol. The predicted molar refractivity (Wildman–Crippen MR) is 144 cm³/mol. The minimum Gasteiger partial charge on any atom is -0.393 e. The summed E-state index contributed by atoms with van der Waals surface area (Å²) in [4.78, 5) is 13.8. The number of aromatic nitrogens is 2. The quantitative estimate of drug-likeness (QED) is 0.402. The molecule has 0 aliphatic carbocycles. The van der Waals surface area contributed by atoms with Crippen molar-refractivity contribution in [1.29, 1.82) is 0 Å². The molecule has 3 N–H and O–H groups in total. The lowest BCUT2D eigenvalue weighted by atomic mass is 9.96. The zero-order valence-electron chi connectivity index (χ0n) is 20.4. The third-order valence-electron chi connectivity index (χ3n) is 6.56. The highest BCUT2D eigenvalue weighted by Crippen LogP contribution is 2.33. The first-order valence-corrected chi connectivity index (χ1v) is 12.1. The highest BCUT2D eigenvalue weighted by molar-refractivity contribution is 5.78. The van der Waals surface area contributed by atoms with Gasteiger partial charge in [-0.2, -0.15) is 0 Å². The lowest BCUT2D eigenvalue weighted by molar-refractivity contribution is 0.212. The summed E-state index contributed by atoms with van der Waals surface area (Å²) in [6.07, 6.45) is 1.60. The Kier molecular flexibility index (Phi) is 6.64. The summed E-state index contributed by atoms with van der Waals surface area (Å²) in [6.45, 7) is 7.70. The molecule has 0 spiro atoms. The second-order valence-corrected chi connectivity index (χ2v) is 9.21. The first-order chi connectivity index (χ1) is 17.1. The molecular formula is C29H32N6. The number of nitrogen functional groups attached to an aromatic ring is 1. The Hall–Kier alpha value is -3.90. The van der Waals surface area contributed by atoms with E-state index >= 15 is 0 Å². The van der Waals surface area contributed by atoms with Gasteiger partial charge in [0, 0.05) is 31.9 Å². The number of hydrogen-bond acceptors (Lipinski definition) is 6. The normalized spacial score (nSPS) is 14.3. The average Bonchev–Trinajstić information content (AvgIpc) is 2.87. The van der Waals surface area contributed by atoms with Crippen LogP contribution >= 0.6 is 0 Å². The molecule has 178 valence electrons. The van der Waals surface area contributed by atoms with Crippen molar-refractivity contribution in [2.75, 3.05) is 42.1 Å². The monoisotopic (exact) mass is 464 g/mol. The molecule has 0 bridgehead atoms. The number of anilines is 4. The molecule has 1 aliphatic rings. The van der Waals surface area contributed by atoms with Crippen molar-refractivity contribution in [2.24, 2.45) is 0 Å². The molecule has 1 fully saturated rings. The summed E-state index contributed by atoms with van der Waals surface area (Å²) in [5, 5.41) is 3.39. The van der Waals surface area contributed by atoms with Gasteiger partial charge in [-0.3, -0.25) is 4.90 Å². The Morgan fingerprint density at radius 1 is 0.771 bits per heavy atom. The van der Waals surface area contributed by atoms with Gasteiger partial charge in [0.15, 0.2) is 11.6 Å². The van der Waals surface area contributed by atoms with Crippen molar-refractivity contribution >= 4 is 23.0 Å². The number of nitrogens with two attached hydrogens (primary N) is 1. The van der Waals surface area contributed by atoms with E-state index in [0.717, 1.165) is 37.7 Å². The van der Waals surface area contributed by atoms with Gasteiger partial charge in [0.1, 0.15) is 12.0 Å². The van der Waals surface area contributed by atoms with Gasteiger partial charge in [-0.05, 0) is 48.2 Å². The molecule has 1 aromatic heterocycles. The van der Waals surface area contributed by atoms with Crippen LogP contribution in [0.5, 0.6) is 0 Å². The summed E-state index contributed by atoms with van der Waals surface area (Å²) in [5.41, 5.74) is 13.2. The third kappa shape index (κ3) is 5.12. The van der Waals surface area contributed by atoms with E-state index in [1.807, 2.05) is 0 Å². The van der Waals surface area contributed by atoms with Crippen molar-refractivity contribution < 1.29 is 0 Å². The molecule has 1 aliphatic heterocycles. The van der Waals surface area contributed by atoms with E-state index in [2.05, 4.69) is 118 Å². The standard InChI is InChI=1S/C29H32N6/c1-21-17-22(2)19-25(18-21)33-28-26(30)29(32-20-31-28)35-15-13-34(14-16-35)27(23-9-5-3-6-10-23)24-11-7-4-8-12-24/h3-12,17-20,27H,13-16,30H2,1-2H3,(H,31,32,33). The smallest absolute Gasteiger partial charge is 0.159 e. The minimum absolute atomic E-state index is 0.226. The van der Waals surface area contributed by atoms with E-state index in [-0.39, 0.29) is 6.04 Å². The largest absolute Gasteiger partial charge is 0.393 e. The summed E-state index contributed by atoms with van der Waals surface area (Å²) in [6, 6.07) is 28.1. The molecule has 5 rings (SSSR count). The van der Waals surface area contributed by atoms with Gasteiger partial charge in [0.25, 0.3) is 0 Å². The van der Waals surface area contributed by atoms with E-state index in [4.69, 9.17) is 5.73 Å². The lowest BCUT2D eigenvalue weighted by Gasteiger charge is -2.40. The van der Waals surface area contributed by atoms with Crippen LogP contribution in [0.4, 0.5) is 23.0 Å². The molecule has 0 saturated carbocycles. The zero-order chi connectivity index (χ0) is 24.2. The van der Waals surface area contributed by atoms with Crippen molar-refractivity contribution in [3.05, 3.63) is 107 Å². The van der Waals surface area contributed by atoms with Crippen molar-refractivity contribution in [3.8, 4) is 0 Å². The molecule has 35 heavy (non-hydrogen) atoms. The van der Waals surface area contributed by atoms with Gasteiger partial charge in [-0.1, -0.05) is 66.7 Å². The molecule has 6 heteroatoms. The fourth-order valence-corrected chi connectivity index (χ4v) is 5.00. The fourth-order valence-electron chi connectivity index (χ4n) is 5.00. The topological polar surface area (TPSA) is 70.3 Å². The summed E-state index contributed by atoms with van der Waals surface area (Å²) >= 11 is 0. The molecule has 1 saturated heterocycles. The summed E-state index contributed by atoms with van der Waals surface area (Å²) in [5.74, 6) is 1.44. The molecule has 3 aromatic carbocycles. The van der Waals surface area contributed by atoms with Gasteiger partial charge in [0.05, 0.1) is 6.04 Å². The van der Waals surface area contributed by atoms with E-state index in [0.29, 0.717) is 11.5 Å². The number of nitrogens with zero attached hydrogens (tertiary/aromatic N) is 4. The first kappa shape index (κ1) is 22.9. The molecule has 4 aromatic rings. The minimum atomic E-state index is 0.226. The molecule has 2 heterocycles. The molecule has 0 unspecified atom stereocenters. The fraction of sp³-hybridized carbons (Fsp3) is 0.241. The number of nitrogens with one attached hydrogen (secondary N) is 1. The predicted octanol–water partition coefficient (Wildman–Crippen LogP) is 5.33. The Balaban J connectivity index is 1.34. The number of aryl methyl sites for hydroxylation is 2. The van der Waals surface area contributed by atoms with Crippen molar-refractivity contribution in [1.82, 2.24) is 14.9 Å². The summed E-state index contributed by atoms with van der Waals surface area (Å²) in [7, 11) is 0. The van der Waals surface area contributed by atoms with Gasteiger partial charge in [-0.25, -0.2) is 9.97 Å². The van der Waals surface area contributed by atoms with Crippen LogP contribution in [-0.2, 0) is 0 Å². The van der Waals surface area contributed by atoms with Gasteiger partial charge >= 0.3 is 0 Å². The van der Waals surface area contributed by atoms with Crippen LogP contribution in [0.15, 0.2) is 85.2 Å². The van der Waals surface area contributed by atoms with Crippen LogP contribution in [0.25, 0.3) is 0 Å². The van der Waals surface area contributed by atoms with E-state index in [1.54, 1.807) is 6.33 Å². The first-order valence-electron chi connectivity index (χ1n) is 12.1. The van der Waals surface area contributed by atoms with E-state index in [1.165, 1.54) is 22.3 Å². The van der Waals surface area contributed by atoms with Crippen LogP contribution in [0.3, 0.4) is 0 Å². The van der Waals surface area contributed by atoms with Crippen LogP contribution in [0.2, 0.25) is 0 Å². The number of benzene rings is 3. The molecule has 0 atom stereocenters. The van der Waals surface area contributed by atoms with Crippen LogP contribution in [-0.4, -0.2) is 41.0 Å². The second kappa shape index (κ2) is 10.2. The maximum Gasteiger partial charge on any atom is 0.159 e. The number of hydrogen-bond donors (Lipinski definition) is 2. The second-order valence-electron chi connectivity index (χ2n) is 9.21. The Bertz CT molecular complexity index is 1210. The zero-order valence-corrected chi connectivity index (χ0v) is 20.4. The Morgan fingerprint density at radius 3 is 1.91 bits per heavy atom. The maximum absolute atomic E-state index is 6.57. The highest BCUT2D eigenvalue weighted by Gasteiger charge is 2.28. The van der Waals surface area contributed by atoms with Gasteiger partial charge in [-0.15, -0.1) is 0 Å². The van der Waals surface area contributed by atoms with Crippen LogP contribution in [0.1, 0.15) is 28.3 Å². The number of rotatable bonds is 6. The molecule has 0 radical (unpaired) electrons. The summed E-state index contributed by atoms with van der Waals surface area (Å²) < 4.78 is 0. The Morgan fingerprint density at radius 2 is 1.34 bits per heavy atom. The molecular weight excluding hydrogens is 432 g/mol. The van der Waals surface area contributed by atoms with Crippen molar-refractivity contribution in [2.45, 2.75) is 19.9 Å². The molecule has 0 amide bonds. The van der Waals surface area contributed by atoms with E-state index in [9.17, 15) is 0 Å². The SMILES string of the molecule is Cc1cc(C)cc(Nc2ncnc(N3CCN(C(c4ccccc4)c4ccccc4)CC3)c2N)c1. The highest BCUT2D eigenvalue weighted by atomic mass is 15.3. The Labute approximate surface area is 207 Å². The van der Waals surface area contributed by atoms with Crippen LogP contribution < -0.4 is 16.0 Å².